The van der Waals surface area contributed by atoms with Crippen molar-refractivity contribution in [2.24, 2.45) is 0 Å². The number of halogens is 3. The number of nitrogens with one attached hydrogen (secondary N) is 2. The molecule has 1 aromatic carbocycles. The number of amides is 1. The van der Waals surface area contributed by atoms with Crippen LogP contribution in [0, 0.1) is 5.82 Å². The molecule has 1 amide bonds. The Hall–Kier alpha value is -2.36. The van der Waals surface area contributed by atoms with Crippen LogP contribution in [0.5, 0.6) is 0 Å². The van der Waals surface area contributed by atoms with E-state index in [1.54, 1.807) is 23.1 Å². The minimum absolute atomic E-state index is 0.00575. The average molecular weight is 444 g/mol. The average Bonchev–Trinajstić information content (AvgIpc) is 2.64. The Morgan fingerprint density at radius 2 is 2.17 bits per heavy atom. The van der Waals surface area contributed by atoms with E-state index in [2.05, 4.69) is 20.6 Å². The number of rotatable bonds is 5. The van der Waals surface area contributed by atoms with E-state index >= 15 is 0 Å². The van der Waals surface area contributed by atoms with E-state index in [9.17, 15) is 14.3 Å². The lowest BCUT2D eigenvalue weighted by Crippen LogP contribution is -2.54. The molecule has 0 spiro atoms. The van der Waals surface area contributed by atoms with Crippen LogP contribution in [0.4, 0.5) is 21.0 Å². The number of benzene rings is 1. The van der Waals surface area contributed by atoms with Crippen LogP contribution in [0.15, 0.2) is 24.4 Å². The summed E-state index contributed by atoms with van der Waals surface area (Å²) >= 11 is 12.1. The molecule has 0 bridgehead atoms. The third kappa shape index (κ3) is 5.17. The first kappa shape index (κ1) is 21.4. The summed E-state index contributed by atoms with van der Waals surface area (Å²) in [6.45, 7) is 2.34. The lowest BCUT2D eigenvalue weighted by molar-refractivity contribution is 0.107. The SMILES string of the molecule is C[C@@H](Nc1nc(N2CC[C@H](NC(=O)O)[C@H](O)C2)ncc1F)c1ccc(Cl)cc1Cl. The number of aliphatic hydroxyl groups is 1. The van der Waals surface area contributed by atoms with E-state index in [0.717, 1.165) is 11.8 Å². The summed E-state index contributed by atoms with van der Waals surface area (Å²) in [4.78, 5) is 20.7. The molecule has 29 heavy (non-hydrogen) atoms. The van der Waals surface area contributed by atoms with Crippen molar-refractivity contribution in [3.63, 3.8) is 0 Å². The van der Waals surface area contributed by atoms with Gasteiger partial charge in [0.05, 0.1) is 24.4 Å². The topological polar surface area (TPSA) is 111 Å². The van der Waals surface area contributed by atoms with Crippen molar-refractivity contribution in [3.8, 4) is 0 Å². The van der Waals surface area contributed by atoms with Crippen molar-refractivity contribution in [3.05, 3.63) is 45.8 Å². The molecular formula is C18H20Cl2FN5O3. The number of piperidine rings is 1. The highest BCUT2D eigenvalue weighted by atomic mass is 35.5. The van der Waals surface area contributed by atoms with Crippen LogP contribution >= 0.6 is 23.2 Å². The third-order valence-electron chi connectivity index (χ3n) is 4.69. The first-order chi connectivity index (χ1) is 13.7. The fourth-order valence-corrected chi connectivity index (χ4v) is 3.76. The summed E-state index contributed by atoms with van der Waals surface area (Å²) < 4.78 is 14.3. The quantitative estimate of drug-likeness (QED) is 0.560. The van der Waals surface area contributed by atoms with E-state index in [0.29, 0.717) is 23.0 Å². The summed E-state index contributed by atoms with van der Waals surface area (Å²) in [6, 6.07) is 4.12. The summed E-state index contributed by atoms with van der Waals surface area (Å²) in [5, 5.41) is 25.2. The van der Waals surface area contributed by atoms with Gasteiger partial charge in [0.2, 0.25) is 5.95 Å². The molecule has 0 saturated carbocycles. The number of aromatic nitrogens is 2. The molecule has 4 N–H and O–H groups in total. The van der Waals surface area contributed by atoms with Crippen LogP contribution in [0.25, 0.3) is 0 Å². The maximum atomic E-state index is 14.3. The van der Waals surface area contributed by atoms with Crippen molar-refractivity contribution in [2.45, 2.75) is 31.5 Å². The van der Waals surface area contributed by atoms with Crippen molar-refractivity contribution < 1.29 is 19.4 Å². The van der Waals surface area contributed by atoms with Gasteiger partial charge >= 0.3 is 6.09 Å². The molecule has 0 radical (unpaired) electrons. The van der Waals surface area contributed by atoms with Gasteiger partial charge in [0.15, 0.2) is 11.6 Å². The molecule has 0 unspecified atom stereocenters. The molecule has 1 aromatic heterocycles. The molecule has 2 aromatic rings. The van der Waals surface area contributed by atoms with Gasteiger partial charge in [-0.3, -0.25) is 0 Å². The van der Waals surface area contributed by atoms with Crippen molar-refractivity contribution in [1.29, 1.82) is 0 Å². The van der Waals surface area contributed by atoms with E-state index in [1.165, 1.54) is 0 Å². The van der Waals surface area contributed by atoms with Crippen LogP contribution < -0.4 is 15.5 Å². The molecule has 3 rings (SSSR count). The second kappa shape index (κ2) is 8.98. The monoisotopic (exact) mass is 443 g/mol. The largest absolute Gasteiger partial charge is 0.465 e. The third-order valence-corrected chi connectivity index (χ3v) is 5.25. The van der Waals surface area contributed by atoms with Crippen LogP contribution in [-0.4, -0.2) is 51.5 Å². The Morgan fingerprint density at radius 3 is 2.83 bits per heavy atom. The molecular weight excluding hydrogens is 424 g/mol. The Kier molecular flexibility index (Phi) is 6.61. The standard InChI is InChI=1S/C18H20Cl2FN5O3/c1-9(11-3-2-10(19)6-12(11)20)23-16-13(21)7-22-17(25-16)26-5-4-14(15(27)8-26)24-18(28)29/h2-3,6-7,9,14-15,24,27H,4-5,8H2,1H3,(H,28,29)(H,22,23,25)/t9-,14+,15-/m1/s1. The molecule has 3 atom stereocenters. The van der Waals surface area contributed by atoms with Gasteiger partial charge in [0.1, 0.15) is 0 Å². The first-order valence-electron chi connectivity index (χ1n) is 8.91. The highest BCUT2D eigenvalue weighted by molar-refractivity contribution is 6.35. The highest BCUT2D eigenvalue weighted by Crippen LogP contribution is 2.29. The second-order valence-electron chi connectivity index (χ2n) is 6.76. The fraction of sp³-hybridized carbons (Fsp3) is 0.389. The normalized spacial score (nSPS) is 20.2. The molecule has 1 aliphatic heterocycles. The van der Waals surface area contributed by atoms with Gasteiger partial charge in [0.25, 0.3) is 0 Å². The minimum atomic E-state index is -1.19. The van der Waals surface area contributed by atoms with Gasteiger partial charge in [-0.15, -0.1) is 0 Å². The molecule has 2 heterocycles. The summed E-state index contributed by atoms with van der Waals surface area (Å²) in [5.41, 5.74) is 0.728. The van der Waals surface area contributed by atoms with Crippen LogP contribution in [0.2, 0.25) is 10.0 Å². The second-order valence-corrected chi connectivity index (χ2v) is 7.60. The molecule has 156 valence electrons. The van der Waals surface area contributed by atoms with Crippen LogP contribution in [0.3, 0.4) is 0 Å². The molecule has 1 saturated heterocycles. The molecule has 1 fully saturated rings. The van der Waals surface area contributed by atoms with Crippen LogP contribution in [-0.2, 0) is 0 Å². The first-order valence-corrected chi connectivity index (χ1v) is 9.66. The lowest BCUT2D eigenvalue weighted by atomic mass is 10.0. The summed E-state index contributed by atoms with van der Waals surface area (Å²) in [7, 11) is 0. The smallest absolute Gasteiger partial charge is 0.404 e. The Labute approximate surface area is 176 Å². The number of aliphatic hydroxyl groups excluding tert-OH is 1. The number of hydrogen-bond donors (Lipinski definition) is 4. The number of carboxylic acid groups (broad SMARTS) is 1. The molecule has 8 nitrogen and oxygen atoms in total. The number of hydrogen-bond acceptors (Lipinski definition) is 6. The van der Waals surface area contributed by atoms with Crippen LogP contribution in [0.1, 0.15) is 24.9 Å². The molecule has 11 heteroatoms. The maximum Gasteiger partial charge on any atom is 0.404 e. The van der Waals surface area contributed by atoms with Crippen molar-refractivity contribution >= 4 is 41.1 Å². The molecule has 1 aliphatic rings. The predicted molar refractivity (Wildman–Crippen MR) is 108 cm³/mol. The van der Waals surface area contributed by atoms with Gasteiger partial charge in [-0.25, -0.2) is 14.2 Å². The summed E-state index contributed by atoms with van der Waals surface area (Å²) in [5.74, 6) is -0.404. The zero-order valence-electron chi connectivity index (χ0n) is 15.4. The van der Waals surface area contributed by atoms with Gasteiger partial charge in [0, 0.05) is 23.1 Å². The zero-order valence-corrected chi connectivity index (χ0v) is 17.0. The molecule has 0 aliphatic carbocycles. The number of carbonyl (C=O) groups is 1. The van der Waals surface area contributed by atoms with Crippen molar-refractivity contribution in [2.75, 3.05) is 23.3 Å². The zero-order chi connectivity index (χ0) is 21.1. The van der Waals surface area contributed by atoms with Crippen molar-refractivity contribution in [1.82, 2.24) is 15.3 Å². The number of nitrogens with zero attached hydrogens (tertiary/aromatic N) is 3. The number of β-amino-alcohol motifs (C(OH)–C–C–N with tert-alkyl or cyclic N) is 1. The van der Waals surface area contributed by atoms with Gasteiger partial charge in [-0.05, 0) is 31.0 Å². The highest BCUT2D eigenvalue weighted by Gasteiger charge is 2.30. The van der Waals surface area contributed by atoms with E-state index < -0.39 is 24.1 Å². The number of anilines is 2. The minimum Gasteiger partial charge on any atom is -0.465 e. The maximum absolute atomic E-state index is 14.3. The Morgan fingerprint density at radius 1 is 1.41 bits per heavy atom. The van der Waals surface area contributed by atoms with E-state index in [1.807, 2.05) is 6.92 Å². The lowest BCUT2D eigenvalue weighted by Gasteiger charge is -2.35. The van der Waals surface area contributed by atoms with Gasteiger partial charge < -0.3 is 25.7 Å². The Bertz CT molecular complexity index is 904. The fourth-order valence-electron chi connectivity index (χ4n) is 3.19. The summed E-state index contributed by atoms with van der Waals surface area (Å²) in [6.07, 6.45) is -0.707. The van der Waals surface area contributed by atoms with Gasteiger partial charge in [-0.1, -0.05) is 29.3 Å². The van der Waals surface area contributed by atoms with E-state index in [-0.39, 0.29) is 24.4 Å². The van der Waals surface area contributed by atoms with Gasteiger partial charge in [-0.2, -0.15) is 4.98 Å². The predicted octanol–water partition coefficient (Wildman–Crippen LogP) is 3.30. The Balaban J connectivity index is 1.74. The van der Waals surface area contributed by atoms with E-state index in [4.69, 9.17) is 28.3 Å².